The number of aromatic nitrogens is 2. The van der Waals surface area contributed by atoms with Crippen LogP contribution in [-0.2, 0) is 17.8 Å². The van der Waals surface area contributed by atoms with Gasteiger partial charge in [0.25, 0.3) is 0 Å². The summed E-state index contributed by atoms with van der Waals surface area (Å²) in [7, 11) is 1.67. The van der Waals surface area contributed by atoms with Crippen molar-refractivity contribution in [3.8, 4) is 5.69 Å². The molecule has 2 heterocycles. The van der Waals surface area contributed by atoms with Crippen LogP contribution in [0.5, 0.6) is 0 Å². The van der Waals surface area contributed by atoms with E-state index in [4.69, 9.17) is 27.9 Å². The average Bonchev–Trinajstić information content (AvgIpc) is 2.91. The number of rotatable bonds is 3. The molecule has 1 aromatic carbocycles. The van der Waals surface area contributed by atoms with E-state index in [1.165, 1.54) is 5.56 Å². The molecule has 6 heteroatoms. The lowest BCUT2D eigenvalue weighted by atomic mass is 10.2. The van der Waals surface area contributed by atoms with E-state index in [9.17, 15) is 0 Å². The van der Waals surface area contributed by atoms with Crippen molar-refractivity contribution in [2.24, 2.45) is 0 Å². The largest absolute Gasteiger partial charge is 0.378 e. The van der Waals surface area contributed by atoms with Crippen molar-refractivity contribution in [2.45, 2.75) is 13.0 Å². The van der Waals surface area contributed by atoms with Crippen LogP contribution in [-0.4, -0.2) is 23.4 Å². The summed E-state index contributed by atoms with van der Waals surface area (Å²) in [5.41, 5.74) is 3.02. The third-order valence-electron chi connectivity index (χ3n) is 3.11. The number of fused-ring (bicyclic) bond motifs is 1. The highest BCUT2D eigenvalue weighted by Gasteiger charge is 2.22. The number of benzene rings is 1. The Bertz CT molecular complexity index is 604. The summed E-state index contributed by atoms with van der Waals surface area (Å²) in [5.74, 6) is 1.00. The lowest BCUT2D eigenvalue weighted by Crippen LogP contribution is -2.05. The summed E-state index contributed by atoms with van der Waals surface area (Å²) < 4.78 is 7.04. The maximum Gasteiger partial charge on any atom is 0.133 e. The van der Waals surface area contributed by atoms with Crippen molar-refractivity contribution in [3.63, 3.8) is 0 Å². The Kier molecular flexibility index (Phi) is 3.39. The molecule has 1 aliphatic heterocycles. The molecule has 0 saturated carbocycles. The van der Waals surface area contributed by atoms with Crippen LogP contribution < -0.4 is 5.32 Å². The van der Waals surface area contributed by atoms with E-state index in [-0.39, 0.29) is 0 Å². The highest BCUT2D eigenvalue weighted by Crippen LogP contribution is 2.31. The maximum absolute atomic E-state index is 6.05. The molecule has 1 aromatic heterocycles. The summed E-state index contributed by atoms with van der Waals surface area (Å²) in [6, 6.07) is 5.40. The van der Waals surface area contributed by atoms with Crippen LogP contribution in [0.2, 0.25) is 10.0 Å². The second kappa shape index (κ2) is 5.04. The van der Waals surface area contributed by atoms with Gasteiger partial charge >= 0.3 is 0 Å². The Hall–Kier alpha value is -1.23. The van der Waals surface area contributed by atoms with Gasteiger partial charge in [0.05, 0.1) is 18.0 Å². The maximum atomic E-state index is 6.05. The molecule has 0 atom stereocenters. The Morgan fingerprint density at radius 2 is 2.05 bits per heavy atom. The topological polar surface area (TPSA) is 39.1 Å². The molecule has 3 rings (SSSR count). The number of halogens is 2. The molecular formula is C13H13Cl2N3O. The fourth-order valence-corrected chi connectivity index (χ4v) is 2.86. The molecule has 0 amide bonds. The fraction of sp³-hybridized carbons (Fsp3) is 0.308. The number of ether oxygens (including phenoxy) is 1. The van der Waals surface area contributed by atoms with Gasteiger partial charge in [-0.05, 0) is 24.6 Å². The van der Waals surface area contributed by atoms with Gasteiger partial charge in [0.15, 0.2) is 0 Å². The van der Waals surface area contributed by atoms with Gasteiger partial charge in [0.2, 0.25) is 0 Å². The average molecular weight is 298 g/mol. The van der Waals surface area contributed by atoms with Crippen LogP contribution in [0.25, 0.3) is 5.69 Å². The Balaban J connectivity index is 2.12. The minimum Gasteiger partial charge on any atom is -0.378 e. The van der Waals surface area contributed by atoms with Gasteiger partial charge in [0, 0.05) is 29.3 Å². The number of methoxy groups -OCH3 is 1. The second-order valence-electron chi connectivity index (χ2n) is 4.42. The van der Waals surface area contributed by atoms with E-state index in [1.54, 1.807) is 13.2 Å². The molecular weight excluding hydrogens is 285 g/mol. The van der Waals surface area contributed by atoms with Gasteiger partial charge in [-0.2, -0.15) is 5.10 Å². The van der Waals surface area contributed by atoms with Crippen molar-refractivity contribution >= 4 is 29.0 Å². The van der Waals surface area contributed by atoms with Crippen molar-refractivity contribution in [2.75, 3.05) is 19.0 Å². The third-order valence-corrected chi connectivity index (χ3v) is 3.54. The summed E-state index contributed by atoms with van der Waals surface area (Å²) >= 11 is 12.1. The highest BCUT2D eigenvalue weighted by atomic mass is 35.5. The van der Waals surface area contributed by atoms with E-state index in [0.29, 0.717) is 16.7 Å². The molecule has 100 valence electrons. The minimum atomic E-state index is 0.505. The van der Waals surface area contributed by atoms with Gasteiger partial charge in [-0.1, -0.05) is 23.2 Å². The zero-order valence-electron chi connectivity index (χ0n) is 10.4. The molecule has 0 spiro atoms. The molecule has 0 aliphatic carbocycles. The van der Waals surface area contributed by atoms with E-state index in [2.05, 4.69) is 10.4 Å². The fourth-order valence-electron chi connectivity index (χ4n) is 2.35. The van der Waals surface area contributed by atoms with E-state index < -0.39 is 0 Å². The van der Waals surface area contributed by atoms with Crippen LogP contribution in [0.15, 0.2) is 18.2 Å². The van der Waals surface area contributed by atoms with Crippen LogP contribution in [0.4, 0.5) is 5.82 Å². The normalized spacial score (nSPS) is 13.4. The lowest BCUT2D eigenvalue weighted by Gasteiger charge is -2.07. The molecule has 1 aliphatic rings. The molecule has 19 heavy (non-hydrogen) atoms. The minimum absolute atomic E-state index is 0.505. The quantitative estimate of drug-likeness (QED) is 0.945. The Morgan fingerprint density at radius 3 is 2.74 bits per heavy atom. The molecule has 0 unspecified atom stereocenters. The first kappa shape index (κ1) is 12.8. The number of anilines is 1. The molecule has 0 bridgehead atoms. The van der Waals surface area contributed by atoms with Crippen molar-refractivity contribution in [1.82, 2.24) is 9.78 Å². The van der Waals surface area contributed by atoms with Crippen LogP contribution in [0, 0.1) is 0 Å². The van der Waals surface area contributed by atoms with E-state index in [1.807, 2.05) is 16.8 Å². The first-order valence-electron chi connectivity index (χ1n) is 5.99. The summed E-state index contributed by atoms with van der Waals surface area (Å²) in [6.07, 6.45) is 0.961. The predicted molar refractivity (Wildman–Crippen MR) is 76.5 cm³/mol. The van der Waals surface area contributed by atoms with Crippen molar-refractivity contribution < 1.29 is 4.74 Å². The summed E-state index contributed by atoms with van der Waals surface area (Å²) in [6.45, 7) is 1.42. The molecule has 0 saturated heterocycles. The van der Waals surface area contributed by atoms with Gasteiger partial charge in [-0.25, -0.2) is 4.68 Å². The Labute approximate surface area is 121 Å². The van der Waals surface area contributed by atoms with Gasteiger partial charge < -0.3 is 10.1 Å². The number of hydrogen-bond acceptors (Lipinski definition) is 3. The molecule has 2 aromatic rings. The Morgan fingerprint density at radius 1 is 1.32 bits per heavy atom. The first-order chi connectivity index (χ1) is 9.19. The highest BCUT2D eigenvalue weighted by molar-refractivity contribution is 6.34. The van der Waals surface area contributed by atoms with Crippen LogP contribution >= 0.6 is 23.2 Å². The third kappa shape index (κ3) is 2.31. The molecule has 1 N–H and O–H groups in total. The van der Waals surface area contributed by atoms with Gasteiger partial charge in [-0.3, -0.25) is 0 Å². The van der Waals surface area contributed by atoms with E-state index >= 15 is 0 Å². The van der Waals surface area contributed by atoms with Crippen LogP contribution in [0.1, 0.15) is 11.3 Å². The van der Waals surface area contributed by atoms with Crippen molar-refractivity contribution in [1.29, 1.82) is 0 Å². The molecule has 0 fully saturated rings. The summed E-state index contributed by atoms with van der Waals surface area (Å²) in [4.78, 5) is 0. The van der Waals surface area contributed by atoms with Crippen LogP contribution in [0.3, 0.4) is 0 Å². The van der Waals surface area contributed by atoms with Crippen molar-refractivity contribution in [3.05, 3.63) is 39.5 Å². The molecule has 4 nitrogen and oxygen atoms in total. The zero-order valence-corrected chi connectivity index (χ0v) is 11.9. The van der Waals surface area contributed by atoms with Gasteiger partial charge in [0.1, 0.15) is 5.82 Å². The second-order valence-corrected chi connectivity index (χ2v) is 5.30. The predicted octanol–water partition coefficient (Wildman–Crippen LogP) is 3.29. The zero-order chi connectivity index (χ0) is 13.4. The monoisotopic (exact) mass is 297 g/mol. The smallest absolute Gasteiger partial charge is 0.133 e. The number of nitrogens with one attached hydrogen (secondary N) is 1. The first-order valence-corrected chi connectivity index (χ1v) is 6.74. The number of hydrogen-bond donors (Lipinski definition) is 1. The van der Waals surface area contributed by atoms with E-state index in [0.717, 1.165) is 30.2 Å². The number of nitrogens with zero attached hydrogens (tertiary/aromatic N) is 2. The van der Waals surface area contributed by atoms with Gasteiger partial charge in [-0.15, -0.1) is 0 Å². The summed E-state index contributed by atoms with van der Waals surface area (Å²) in [5, 5.41) is 9.12. The standard InChI is InChI=1S/C13H13Cl2N3O/c1-19-7-12-11-2-3-16-13(11)18(17-12)10-5-8(14)4-9(15)6-10/h4-6,16H,2-3,7H2,1H3. The molecule has 0 radical (unpaired) electrons. The lowest BCUT2D eigenvalue weighted by molar-refractivity contribution is 0.180. The SMILES string of the molecule is COCc1nn(-c2cc(Cl)cc(Cl)c2)c2c1CCN2.